The van der Waals surface area contributed by atoms with Crippen molar-refractivity contribution in [2.75, 3.05) is 0 Å². The molecule has 0 spiro atoms. The standard InChI is InChI=1S/C18H16N4O2S/c1-11(16(23)13-10-19-14-7-4-3-6-12(13)14)25-18-21-20-17(22(18)2)15-8-5-9-24-15/h3-11,19H,1-2H3/t11-/m0/s1. The summed E-state index contributed by atoms with van der Waals surface area (Å²) in [6.45, 7) is 1.88. The molecule has 1 atom stereocenters. The topological polar surface area (TPSA) is 76.7 Å². The molecule has 0 amide bonds. The number of furan rings is 1. The number of aromatic nitrogens is 4. The van der Waals surface area contributed by atoms with E-state index in [9.17, 15) is 4.79 Å². The van der Waals surface area contributed by atoms with Gasteiger partial charge in [0, 0.05) is 29.7 Å². The summed E-state index contributed by atoms with van der Waals surface area (Å²) in [6.07, 6.45) is 3.37. The van der Waals surface area contributed by atoms with Crippen LogP contribution in [0.3, 0.4) is 0 Å². The molecule has 1 N–H and O–H groups in total. The molecule has 7 heteroatoms. The average Bonchev–Trinajstić information content (AvgIpc) is 3.35. The summed E-state index contributed by atoms with van der Waals surface area (Å²) in [7, 11) is 1.86. The molecular weight excluding hydrogens is 336 g/mol. The minimum absolute atomic E-state index is 0.0602. The number of benzene rings is 1. The smallest absolute Gasteiger partial charge is 0.200 e. The van der Waals surface area contributed by atoms with Crippen LogP contribution in [0.25, 0.3) is 22.5 Å². The van der Waals surface area contributed by atoms with Crippen LogP contribution in [0.2, 0.25) is 0 Å². The molecule has 4 aromatic rings. The minimum Gasteiger partial charge on any atom is -0.461 e. The molecule has 25 heavy (non-hydrogen) atoms. The summed E-state index contributed by atoms with van der Waals surface area (Å²) >= 11 is 1.39. The predicted octanol–water partition coefficient (Wildman–Crippen LogP) is 3.92. The zero-order valence-corrected chi connectivity index (χ0v) is 14.6. The highest BCUT2D eigenvalue weighted by molar-refractivity contribution is 8.00. The van der Waals surface area contributed by atoms with Crippen molar-refractivity contribution in [3.8, 4) is 11.6 Å². The Labute approximate surface area is 148 Å². The van der Waals surface area contributed by atoms with Gasteiger partial charge in [-0.15, -0.1) is 10.2 Å². The highest BCUT2D eigenvalue weighted by Crippen LogP contribution is 2.29. The lowest BCUT2D eigenvalue weighted by Gasteiger charge is -2.09. The fourth-order valence-corrected chi connectivity index (χ4v) is 3.63. The van der Waals surface area contributed by atoms with E-state index >= 15 is 0 Å². The monoisotopic (exact) mass is 352 g/mol. The Morgan fingerprint density at radius 2 is 2.08 bits per heavy atom. The van der Waals surface area contributed by atoms with Crippen LogP contribution in [0.5, 0.6) is 0 Å². The summed E-state index contributed by atoms with van der Waals surface area (Å²) in [4.78, 5) is 16.0. The Morgan fingerprint density at radius 1 is 1.24 bits per heavy atom. The number of hydrogen-bond acceptors (Lipinski definition) is 5. The van der Waals surface area contributed by atoms with Gasteiger partial charge in [0.05, 0.1) is 11.5 Å². The molecule has 0 aliphatic rings. The van der Waals surface area contributed by atoms with Gasteiger partial charge in [0.25, 0.3) is 0 Å². The van der Waals surface area contributed by atoms with Crippen LogP contribution in [-0.2, 0) is 7.05 Å². The van der Waals surface area contributed by atoms with Crippen molar-refractivity contribution in [2.24, 2.45) is 7.05 Å². The van der Waals surface area contributed by atoms with Crippen LogP contribution in [0.15, 0.2) is 58.4 Å². The molecule has 3 aromatic heterocycles. The molecule has 1 aromatic carbocycles. The summed E-state index contributed by atoms with van der Waals surface area (Å²) < 4.78 is 7.21. The van der Waals surface area contributed by atoms with Crippen LogP contribution in [0.1, 0.15) is 17.3 Å². The Balaban J connectivity index is 1.58. The lowest BCUT2D eigenvalue weighted by Crippen LogP contribution is -2.14. The van der Waals surface area contributed by atoms with Gasteiger partial charge in [-0.1, -0.05) is 30.0 Å². The number of carbonyl (C=O) groups is 1. The van der Waals surface area contributed by atoms with E-state index in [0.717, 1.165) is 10.9 Å². The van der Waals surface area contributed by atoms with Crippen LogP contribution in [0.4, 0.5) is 0 Å². The summed E-state index contributed by atoms with van der Waals surface area (Å²) in [5.74, 6) is 1.35. The van der Waals surface area contributed by atoms with Gasteiger partial charge in [-0.2, -0.15) is 0 Å². The van der Waals surface area contributed by atoms with Gasteiger partial charge >= 0.3 is 0 Å². The lowest BCUT2D eigenvalue weighted by molar-refractivity contribution is 0.0995. The van der Waals surface area contributed by atoms with Gasteiger partial charge in [-0.25, -0.2) is 0 Å². The number of H-pyrrole nitrogens is 1. The molecule has 4 rings (SSSR count). The average molecular weight is 352 g/mol. The molecule has 0 saturated heterocycles. The minimum atomic E-state index is -0.286. The zero-order chi connectivity index (χ0) is 17.4. The maximum Gasteiger partial charge on any atom is 0.200 e. The fourth-order valence-electron chi connectivity index (χ4n) is 2.74. The number of carbonyl (C=O) groups excluding carboxylic acids is 1. The second-order valence-corrected chi connectivity index (χ2v) is 7.02. The zero-order valence-electron chi connectivity index (χ0n) is 13.8. The van der Waals surface area contributed by atoms with Crippen molar-refractivity contribution >= 4 is 28.4 Å². The van der Waals surface area contributed by atoms with Crippen molar-refractivity contribution < 1.29 is 9.21 Å². The van der Waals surface area contributed by atoms with Gasteiger partial charge in [-0.3, -0.25) is 4.79 Å². The molecule has 6 nitrogen and oxygen atoms in total. The maximum atomic E-state index is 12.9. The summed E-state index contributed by atoms with van der Waals surface area (Å²) in [5, 5.41) is 9.68. The third-order valence-corrected chi connectivity index (χ3v) is 5.22. The quantitative estimate of drug-likeness (QED) is 0.435. The third kappa shape index (κ3) is 2.76. The molecule has 126 valence electrons. The number of aromatic amines is 1. The van der Waals surface area contributed by atoms with E-state index in [-0.39, 0.29) is 11.0 Å². The number of ketones is 1. The largest absolute Gasteiger partial charge is 0.461 e. The Kier molecular flexibility index (Phi) is 3.93. The van der Waals surface area contributed by atoms with Crippen LogP contribution in [-0.4, -0.2) is 30.8 Å². The molecule has 0 radical (unpaired) electrons. The number of hydrogen-bond donors (Lipinski definition) is 1. The highest BCUT2D eigenvalue weighted by Gasteiger charge is 2.23. The van der Waals surface area contributed by atoms with Gasteiger partial charge in [0.2, 0.25) is 0 Å². The molecule has 0 bridgehead atoms. The Morgan fingerprint density at radius 3 is 2.88 bits per heavy atom. The third-order valence-electron chi connectivity index (χ3n) is 4.08. The fraction of sp³-hybridized carbons (Fsp3) is 0.167. The van der Waals surface area contributed by atoms with Gasteiger partial charge in [0.1, 0.15) is 0 Å². The number of para-hydroxylation sites is 1. The predicted molar refractivity (Wildman–Crippen MR) is 96.7 cm³/mol. The highest BCUT2D eigenvalue weighted by atomic mass is 32.2. The second kappa shape index (κ2) is 6.25. The number of nitrogens with one attached hydrogen (secondary N) is 1. The number of Topliss-reactive ketones (excluding diaryl/α,β-unsaturated/α-hetero) is 1. The first-order chi connectivity index (χ1) is 12.1. The maximum absolute atomic E-state index is 12.9. The van der Waals surface area contributed by atoms with Crippen molar-refractivity contribution in [2.45, 2.75) is 17.3 Å². The van der Waals surface area contributed by atoms with Crippen LogP contribution in [0, 0.1) is 0 Å². The Hall–Kier alpha value is -2.80. The van der Waals surface area contributed by atoms with E-state index in [1.54, 1.807) is 18.5 Å². The SMILES string of the molecule is C[C@H](Sc1nnc(-c2ccco2)n1C)C(=O)c1c[nH]c2ccccc12. The van der Waals surface area contributed by atoms with E-state index in [1.165, 1.54) is 11.8 Å². The van der Waals surface area contributed by atoms with Gasteiger partial charge in [0.15, 0.2) is 22.5 Å². The van der Waals surface area contributed by atoms with E-state index < -0.39 is 0 Å². The van der Waals surface area contributed by atoms with E-state index in [4.69, 9.17) is 4.42 Å². The molecule has 0 unspecified atom stereocenters. The molecule has 3 heterocycles. The van der Waals surface area contributed by atoms with Crippen LogP contribution >= 0.6 is 11.8 Å². The molecule has 0 aliphatic carbocycles. The number of fused-ring (bicyclic) bond motifs is 1. The van der Waals surface area contributed by atoms with Crippen molar-refractivity contribution in [3.05, 3.63) is 54.4 Å². The first kappa shape index (κ1) is 15.7. The molecular formula is C18H16N4O2S. The molecule has 0 aliphatic heterocycles. The van der Waals surface area contributed by atoms with E-state index in [1.807, 2.05) is 48.9 Å². The van der Waals surface area contributed by atoms with Crippen molar-refractivity contribution in [1.29, 1.82) is 0 Å². The second-order valence-electron chi connectivity index (χ2n) is 5.71. The lowest BCUT2D eigenvalue weighted by atomic mass is 10.1. The van der Waals surface area contributed by atoms with Crippen LogP contribution < -0.4 is 0 Å². The van der Waals surface area contributed by atoms with Crippen molar-refractivity contribution in [3.63, 3.8) is 0 Å². The summed E-state index contributed by atoms with van der Waals surface area (Å²) in [5.41, 5.74) is 1.66. The number of rotatable bonds is 5. The Bertz CT molecular complexity index is 1030. The molecule has 0 fully saturated rings. The first-order valence-corrected chi connectivity index (χ1v) is 8.73. The summed E-state index contributed by atoms with van der Waals surface area (Å²) in [6, 6.07) is 11.4. The van der Waals surface area contributed by atoms with Crippen molar-refractivity contribution in [1.82, 2.24) is 19.7 Å². The number of nitrogens with zero attached hydrogens (tertiary/aromatic N) is 3. The number of thioether (sulfide) groups is 1. The van der Waals surface area contributed by atoms with Gasteiger partial charge in [-0.05, 0) is 25.1 Å². The van der Waals surface area contributed by atoms with E-state index in [0.29, 0.717) is 22.3 Å². The molecule has 0 saturated carbocycles. The first-order valence-electron chi connectivity index (χ1n) is 7.85. The normalized spacial score (nSPS) is 12.6. The van der Waals surface area contributed by atoms with Gasteiger partial charge < -0.3 is 14.0 Å². The van der Waals surface area contributed by atoms with E-state index in [2.05, 4.69) is 15.2 Å².